The third-order valence-corrected chi connectivity index (χ3v) is 5.80. The van der Waals surface area contributed by atoms with Crippen LogP contribution in [-0.4, -0.2) is 45.8 Å². The quantitative estimate of drug-likeness (QED) is 0.699. The molecule has 3 aromatic rings. The second-order valence-electron chi connectivity index (χ2n) is 6.31. The third-order valence-electron chi connectivity index (χ3n) is 4.61. The number of aryl methyl sites for hydroxylation is 1. The van der Waals surface area contributed by atoms with Crippen molar-refractivity contribution in [2.45, 2.75) is 24.3 Å². The molecular formula is C19H22N4O2S. The number of rotatable bonds is 5. The Morgan fingerprint density at radius 2 is 2.08 bits per heavy atom. The highest BCUT2D eigenvalue weighted by atomic mass is 32.2. The third kappa shape index (κ3) is 3.56. The number of pyridine rings is 1. The van der Waals surface area contributed by atoms with Crippen molar-refractivity contribution in [3.8, 4) is 0 Å². The number of para-hydroxylation sites is 2. The molecule has 26 heavy (non-hydrogen) atoms. The van der Waals surface area contributed by atoms with Gasteiger partial charge in [0.25, 0.3) is 0 Å². The number of morpholine rings is 1. The average Bonchev–Trinajstić information content (AvgIpc) is 3.13. The Morgan fingerprint density at radius 1 is 1.27 bits per heavy atom. The topological polar surface area (TPSA) is 77.1 Å². The summed E-state index contributed by atoms with van der Waals surface area (Å²) in [5.74, 6) is 0.348. The summed E-state index contributed by atoms with van der Waals surface area (Å²) >= 11 is -1.26. The van der Waals surface area contributed by atoms with Gasteiger partial charge in [0.2, 0.25) is 0 Å². The van der Waals surface area contributed by atoms with E-state index in [1.165, 1.54) is 11.3 Å². The van der Waals surface area contributed by atoms with Gasteiger partial charge in [-0.05, 0) is 30.2 Å². The maximum absolute atomic E-state index is 12.8. The molecule has 0 bridgehead atoms. The van der Waals surface area contributed by atoms with Crippen molar-refractivity contribution in [3.05, 3.63) is 47.8 Å². The van der Waals surface area contributed by atoms with E-state index >= 15 is 0 Å². The number of benzene rings is 1. The van der Waals surface area contributed by atoms with E-state index in [2.05, 4.69) is 32.8 Å². The number of hydrogen-bond donors (Lipinski definition) is 1. The van der Waals surface area contributed by atoms with Crippen LogP contribution in [0, 0.1) is 0 Å². The zero-order chi connectivity index (χ0) is 17.9. The zero-order valence-corrected chi connectivity index (χ0v) is 15.6. The molecule has 1 unspecified atom stereocenters. The molecule has 1 aliphatic heterocycles. The zero-order valence-electron chi connectivity index (χ0n) is 14.8. The number of fused-ring (bicyclic) bond motifs is 1. The first-order valence-electron chi connectivity index (χ1n) is 8.88. The van der Waals surface area contributed by atoms with Crippen LogP contribution >= 0.6 is 0 Å². The predicted octanol–water partition coefficient (Wildman–Crippen LogP) is 2.66. The number of nitrogens with zero attached hydrogens (tertiary/aromatic N) is 3. The summed E-state index contributed by atoms with van der Waals surface area (Å²) in [6, 6.07) is 9.79. The smallest absolute Gasteiger partial charge is 0.322 e. The predicted molar refractivity (Wildman–Crippen MR) is 103 cm³/mol. The van der Waals surface area contributed by atoms with Gasteiger partial charge in [-0.1, -0.05) is 19.1 Å². The number of aromatic nitrogens is 3. The molecule has 7 heteroatoms. The van der Waals surface area contributed by atoms with E-state index in [0.717, 1.165) is 49.5 Å². The van der Waals surface area contributed by atoms with E-state index in [4.69, 9.17) is 4.74 Å². The molecule has 1 fully saturated rings. The normalized spacial score (nSPS) is 16.2. The lowest BCUT2D eigenvalue weighted by atomic mass is 10.1. The number of H-pyrrole nitrogens is 1. The first-order valence-corrected chi connectivity index (χ1v) is 10.2. The molecule has 0 radical (unpaired) electrons. The van der Waals surface area contributed by atoms with Crippen LogP contribution in [0.3, 0.4) is 0 Å². The number of ether oxygens (including phenoxy) is 1. The summed E-state index contributed by atoms with van der Waals surface area (Å²) in [6.07, 6.45) is 2.84. The fourth-order valence-corrected chi connectivity index (χ4v) is 4.19. The van der Waals surface area contributed by atoms with Crippen LogP contribution in [0.5, 0.6) is 0 Å². The maximum atomic E-state index is 12.8. The van der Waals surface area contributed by atoms with Gasteiger partial charge in [-0.2, -0.15) is 4.98 Å². The molecule has 0 saturated carbocycles. The number of aromatic amines is 1. The summed E-state index contributed by atoms with van der Waals surface area (Å²) in [7, 11) is 0. The molecular weight excluding hydrogens is 348 g/mol. The second-order valence-corrected chi connectivity index (χ2v) is 7.67. The van der Waals surface area contributed by atoms with Crippen LogP contribution in [0.1, 0.15) is 18.2 Å². The van der Waals surface area contributed by atoms with Gasteiger partial charge in [-0.15, -0.1) is 0 Å². The highest BCUT2D eigenvalue weighted by molar-refractivity contribution is 7.90. The molecule has 6 nitrogen and oxygen atoms in total. The van der Waals surface area contributed by atoms with E-state index in [-0.39, 0.29) is 0 Å². The number of imidazole rings is 1. The van der Waals surface area contributed by atoms with Gasteiger partial charge >= 0.3 is 5.16 Å². The summed E-state index contributed by atoms with van der Waals surface area (Å²) in [5, 5.41) is 0.500. The fraction of sp³-hybridized carbons (Fsp3) is 0.368. The Morgan fingerprint density at radius 3 is 2.85 bits per heavy atom. The Labute approximate surface area is 155 Å². The van der Waals surface area contributed by atoms with E-state index in [1.54, 1.807) is 0 Å². The molecule has 3 heterocycles. The molecule has 1 N–H and O–H groups in total. The SMILES string of the molecule is CCc1cnc(C[S+]([O-])c2nc3ccccc3[nH]2)cc1N1CCOCC1. The van der Waals surface area contributed by atoms with Gasteiger partial charge in [-0.25, -0.2) is 0 Å². The highest BCUT2D eigenvalue weighted by Gasteiger charge is 2.20. The van der Waals surface area contributed by atoms with Crippen molar-refractivity contribution in [1.82, 2.24) is 15.0 Å². The van der Waals surface area contributed by atoms with Gasteiger partial charge in [-0.3, -0.25) is 9.97 Å². The Hall–Kier alpha value is -2.09. The van der Waals surface area contributed by atoms with Crippen LogP contribution in [0.2, 0.25) is 0 Å². The monoisotopic (exact) mass is 370 g/mol. The highest BCUT2D eigenvalue weighted by Crippen LogP contribution is 2.25. The minimum Gasteiger partial charge on any atom is -0.609 e. The lowest BCUT2D eigenvalue weighted by Gasteiger charge is -2.30. The summed E-state index contributed by atoms with van der Waals surface area (Å²) < 4.78 is 18.2. The average molecular weight is 370 g/mol. The Kier molecular flexibility index (Phi) is 5.10. The van der Waals surface area contributed by atoms with Gasteiger partial charge in [0, 0.05) is 36.1 Å². The van der Waals surface area contributed by atoms with Crippen molar-refractivity contribution in [2.24, 2.45) is 0 Å². The van der Waals surface area contributed by atoms with Crippen LogP contribution in [0.15, 0.2) is 41.7 Å². The van der Waals surface area contributed by atoms with Crippen molar-refractivity contribution in [2.75, 3.05) is 31.2 Å². The van der Waals surface area contributed by atoms with E-state index in [1.807, 2.05) is 30.5 Å². The summed E-state index contributed by atoms with van der Waals surface area (Å²) in [5.41, 5.74) is 4.95. The Balaban J connectivity index is 1.56. The first-order chi connectivity index (χ1) is 12.7. The molecule has 0 spiro atoms. The van der Waals surface area contributed by atoms with Crippen molar-refractivity contribution >= 4 is 27.9 Å². The minimum absolute atomic E-state index is 0.348. The van der Waals surface area contributed by atoms with Gasteiger partial charge in [0.1, 0.15) is 0 Å². The lowest BCUT2D eigenvalue weighted by molar-refractivity contribution is 0.122. The van der Waals surface area contributed by atoms with Gasteiger partial charge in [0.15, 0.2) is 5.75 Å². The molecule has 1 aromatic carbocycles. The Bertz CT molecular complexity index is 859. The van der Waals surface area contributed by atoms with Crippen molar-refractivity contribution in [3.63, 3.8) is 0 Å². The van der Waals surface area contributed by atoms with Crippen LogP contribution in [0.25, 0.3) is 11.0 Å². The minimum atomic E-state index is -1.26. The fourth-order valence-electron chi connectivity index (χ4n) is 3.20. The van der Waals surface area contributed by atoms with Crippen molar-refractivity contribution < 1.29 is 9.29 Å². The van der Waals surface area contributed by atoms with E-state index in [0.29, 0.717) is 10.9 Å². The largest absolute Gasteiger partial charge is 0.609 e. The van der Waals surface area contributed by atoms with Gasteiger partial charge < -0.3 is 14.2 Å². The molecule has 0 amide bonds. The summed E-state index contributed by atoms with van der Waals surface area (Å²) in [6.45, 7) is 5.37. The second kappa shape index (κ2) is 7.65. The van der Waals surface area contributed by atoms with Crippen molar-refractivity contribution in [1.29, 1.82) is 0 Å². The maximum Gasteiger partial charge on any atom is 0.322 e. The standard InChI is InChI=1S/C19H22N4O2S/c1-2-14-12-20-15(11-18(14)23-7-9-25-10-8-23)13-26(24)19-21-16-5-3-4-6-17(16)22-19/h3-6,11-12H,2,7-10,13H2,1H3,(H,21,22). The van der Waals surface area contributed by atoms with Crippen LogP contribution in [0.4, 0.5) is 5.69 Å². The molecule has 136 valence electrons. The van der Waals surface area contributed by atoms with Crippen LogP contribution < -0.4 is 4.90 Å². The number of nitrogens with one attached hydrogen (secondary N) is 1. The molecule has 0 aliphatic carbocycles. The van der Waals surface area contributed by atoms with Gasteiger partial charge in [0.05, 0.1) is 29.9 Å². The van der Waals surface area contributed by atoms with Crippen LogP contribution in [-0.2, 0) is 28.1 Å². The first kappa shape index (κ1) is 17.3. The molecule has 2 aromatic heterocycles. The molecule has 1 aliphatic rings. The van der Waals surface area contributed by atoms with E-state index < -0.39 is 11.2 Å². The lowest BCUT2D eigenvalue weighted by Crippen LogP contribution is -2.37. The van der Waals surface area contributed by atoms with E-state index in [9.17, 15) is 4.55 Å². The summed E-state index contributed by atoms with van der Waals surface area (Å²) in [4.78, 5) is 14.5. The molecule has 4 rings (SSSR count). The molecule has 1 saturated heterocycles. The number of anilines is 1. The molecule has 1 atom stereocenters. The number of hydrogen-bond acceptors (Lipinski definition) is 5.